The number of nitrogens with one attached hydrogen (secondary N) is 2. The maximum absolute atomic E-state index is 11.5. The molecule has 4 heteroatoms. The standard InChI is InChI=1S/C11H16N2O2/c1-2-3-8-12-13-11(15)9-6-4-5-7-10(9)14/h4-7,12,14H,2-3,8H2,1H3,(H,13,15). The number of amides is 1. The summed E-state index contributed by atoms with van der Waals surface area (Å²) in [7, 11) is 0. The van der Waals surface area contributed by atoms with Crippen LogP contribution in [0.3, 0.4) is 0 Å². The molecule has 0 fully saturated rings. The van der Waals surface area contributed by atoms with Gasteiger partial charge in [-0.1, -0.05) is 25.5 Å². The lowest BCUT2D eigenvalue weighted by molar-refractivity contribution is 0.0930. The number of carbonyl (C=O) groups excluding carboxylic acids is 1. The van der Waals surface area contributed by atoms with Crippen LogP contribution in [0, 0.1) is 0 Å². The number of hydrogen-bond acceptors (Lipinski definition) is 3. The summed E-state index contributed by atoms with van der Waals surface area (Å²) in [6.45, 7) is 2.81. The lowest BCUT2D eigenvalue weighted by Crippen LogP contribution is -2.37. The quantitative estimate of drug-likeness (QED) is 0.506. The van der Waals surface area contributed by atoms with Crippen LogP contribution in [-0.2, 0) is 0 Å². The van der Waals surface area contributed by atoms with E-state index in [4.69, 9.17) is 0 Å². The van der Waals surface area contributed by atoms with Gasteiger partial charge in [-0.25, -0.2) is 5.43 Å². The molecule has 1 rings (SSSR count). The van der Waals surface area contributed by atoms with Crippen LogP contribution in [0.4, 0.5) is 0 Å². The molecule has 0 radical (unpaired) electrons. The van der Waals surface area contributed by atoms with E-state index >= 15 is 0 Å². The Bertz CT molecular complexity index is 326. The maximum atomic E-state index is 11.5. The Morgan fingerprint density at radius 1 is 1.40 bits per heavy atom. The maximum Gasteiger partial charge on any atom is 0.269 e. The van der Waals surface area contributed by atoms with Crippen molar-refractivity contribution in [3.05, 3.63) is 29.8 Å². The van der Waals surface area contributed by atoms with Crippen molar-refractivity contribution in [3.8, 4) is 5.75 Å². The highest BCUT2D eigenvalue weighted by Crippen LogP contribution is 2.14. The number of rotatable bonds is 5. The van der Waals surface area contributed by atoms with Gasteiger partial charge in [0.2, 0.25) is 0 Å². The number of para-hydroxylation sites is 1. The third-order valence-corrected chi connectivity index (χ3v) is 2.01. The van der Waals surface area contributed by atoms with E-state index in [0.29, 0.717) is 0 Å². The summed E-state index contributed by atoms with van der Waals surface area (Å²) in [4.78, 5) is 11.5. The molecule has 15 heavy (non-hydrogen) atoms. The number of benzene rings is 1. The Hall–Kier alpha value is -1.55. The van der Waals surface area contributed by atoms with Gasteiger partial charge in [-0.3, -0.25) is 10.2 Å². The number of phenols is 1. The van der Waals surface area contributed by atoms with Gasteiger partial charge in [0.25, 0.3) is 5.91 Å². The zero-order valence-corrected chi connectivity index (χ0v) is 8.79. The molecule has 1 amide bonds. The van der Waals surface area contributed by atoms with E-state index in [2.05, 4.69) is 17.8 Å². The molecule has 0 aliphatic heterocycles. The number of aromatic hydroxyl groups is 1. The topological polar surface area (TPSA) is 61.4 Å². The molecule has 4 nitrogen and oxygen atoms in total. The number of hydrazine groups is 1. The minimum atomic E-state index is -0.316. The van der Waals surface area contributed by atoms with Crippen molar-refractivity contribution >= 4 is 5.91 Å². The summed E-state index contributed by atoms with van der Waals surface area (Å²) in [6.07, 6.45) is 2.07. The van der Waals surface area contributed by atoms with E-state index < -0.39 is 0 Å². The van der Waals surface area contributed by atoms with Gasteiger partial charge < -0.3 is 5.11 Å². The molecule has 1 aromatic carbocycles. The first-order valence-electron chi connectivity index (χ1n) is 5.07. The van der Waals surface area contributed by atoms with Gasteiger partial charge in [-0.15, -0.1) is 0 Å². The number of unbranched alkanes of at least 4 members (excludes halogenated alkanes) is 1. The van der Waals surface area contributed by atoms with Crippen LogP contribution in [0.1, 0.15) is 30.1 Å². The first kappa shape index (κ1) is 11.5. The smallest absolute Gasteiger partial charge is 0.269 e. The second kappa shape index (κ2) is 6.03. The Morgan fingerprint density at radius 2 is 2.13 bits per heavy atom. The predicted molar refractivity (Wildman–Crippen MR) is 58.5 cm³/mol. The summed E-state index contributed by atoms with van der Waals surface area (Å²) >= 11 is 0. The van der Waals surface area contributed by atoms with Crippen LogP contribution in [-0.4, -0.2) is 17.6 Å². The van der Waals surface area contributed by atoms with Crippen molar-refractivity contribution < 1.29 is 9.90 Å². The van der Waals surface area contributed by atoms with E-state index in [9.17, 15) is 9.90 Å². The van der Waals surface area contributed by atoms with Crippen molar-refractivity contribution in [2.24, 2.45) is 0 Å². The van der Waals surface area contributed by atoms with Crippen LogP contribution in [0.25, 0.3) is 0 Å². The molecule has 0 bridgehead atoms. The molecular weight excluding hydrogens is 192 g/mol. The molecule has 0 aliphatic rings. The molecule has 0 atom stereocenters. The van der Waals surface area contributed by atoms with E-state index in [1.54, 1.807) is 18.2 Å². The van der Waals surface area contributed by atoms with E-state index in [-0.39, 0.29) is 17.2 Å². The lowest BCUT2D eigenvalue weighted by Gasteiger charge is -2.07. The van der Waals surface area contributed by atoms with Crippen molar-refractivity contribution in [1.82, 2.24) is 10.9 Å². The number of phenolic OH excluding ortho intramolecular Hbond substituents is 1. The molecule has 0 unspecified atom stereocenters. The van der Waals surface area contributed by atoms with Gasteiger partial charge >= 0.3 is 0 Å². The first-order chi connectivity index (χ1) is 7.25. The zero-order chi connectivity index (χ0) is 11.1. The summed E-state index contributed by atoms with van der Waals surface area (Å²) < 4.78 is 0. The van der Waals surface area contributed by atoms with E-state index in [1.807, 2.05) is 0 Å². The fraction of sp³-hybridized carbons (Fsp3) is 0.364. The van der Waals surface area contributed by atoms with Crippen LogP contribution >= 0.6 is 0 Å². The van der Waals surface area contributed by atoms with Crippen LogP contribution < -0.4 is 10.9 Å². The summed E-state index contributed by atoms with van der Waals surface area (Å²) in [5.74, 6) is -0.323. The van der Waals surface area contributed by atoms with Crippen molar-refractivity contribution in [2.75, 3.05) is 6.54 Å². The van der Waals surface area contributed by atoms with Crippen molar-refractivity contribution in [2.45, 2.75) is 19.8 Å². The predicted octanol–water partition coefficient (Wildman–Crippen LogP) is 1.43. The molecular formula is C11H16N2O2. The zero-order valence-electron chi connectivity index (χ0n) is 8.79. The van der Waals surface area contributed by atoms with Gasteiger partial charge in [0.05, 0.1) is 5.56 Å². The molecule has 82 valence electrons. The van der Waals surface area contributed by atoms with E-state index in [1.165, 1.54) is 6.07 Å². The largest absolute Gasteiger partial charge is 0.507 e. The van der Waals surface area contributed by atoms with Gasteiger partial charge in [-0.2, -0.15) is 0 Å². The fourth-order valence-electron chi connectivity index (χ4n) is 1.14. The second-order valence-electron chi connectivity index (χ2n) is 3.25. The molecule has 0 saturated heterocycles. The third-order valence-electron chi connectivity index (χ3n) is 2.01. The van der Waals surface area contributed by atoms with Crippen LogP contribution in [0.2, 0.25) is 0 Å². The van der Waals surface area contributed by atoms with Crippen molar-refractivity contribution in [3.63, 3.8) is 0 Å². The average molecular weight is 208 g/mol. The van der Waals surface area contributed by atoms with Gasteiger partial charge in [0, 0.05) is 6.54 Å². The van der Waals surface area contributed by atoms with Gasteiger partial charge in [0.15, 0.2) is 0 Å². The molecule has 0 heterocycles. The van der Waals surface area contributed by atoms with Crippen LogP contribution in [0.15, 0.2) is 24.3 Å². The molecule has 1 aromatic rings. The van der Waals surface area contributed by atoms with Crippen LogP contribution in [0.5, 0.6) is 5.75 Å². The Labute approximate surface area is 89.3 Å². The summed E-state index contributed by atoms with van der Waals surface area (Å²) in [5, 5.41) is 9.40. The fourth-order valence-corrected chi connectivity index (χ4v) is 1.14. The Kier molecular flexibility index (Phi) is 4.63. The second-order valence-corrected chi connectivity index (χ2v) is 3.25. The Balaban J connectivity index is 2.44. The highest BCUT2D eigenvalue weighted by molar-refractivity contribution is 5.96. The first-order valence-corrected chi connectivity index (χ1v) is 5.07. The van der Waals surface area contributed by atoms with Crippen molar-refractivity contribution in [1.29, 1.82) is 0 Å². The monoisotopic (exact) mass is 208 g/mol. The number of carbonyl (C=O) groups is 1. The average Bonchev–Trinajstić information content (AvgIpc) is 2.25. The summed E-state index contributed by atoms with van der Waals surface area (Å²) in [5.41, 5.74) is 5.61. The highest BCUT2D eigenvalue weighted by atomic mass is 16.3. The SMILES string of the molecule is CCCCNNC(=O)c1ccccc1O. The third kappa shape index (κ3) is 3.59. The molecule has 3 N–H and O–H groups in total. The minimum Gasteiger partial charge on any atom is -0.507 e. The molecule has 0 aromatic heterocycles. The molecule has 0 spiro atoms. The summed E-state index contributed by atoms with van der Waals surface area (Å²) in [6, 6.07) is 6.45. The lowest BCUT2D eigenvalue weighted by atomic mass is 10.2. The molecule has 0 saturated carbocycles. The Morgan fingerprint density at radius 3 is 2.80 bits per heavy atom. The normalized spacial score (nSPS) is 9.93. The highest BCUT2D eigenvalue weighted by Gasteiger charge is 2.08. The number of hydrogen-bond donors (Lipinski definition) is 3. The van der Waals surface area contributed by atoms with E-state index in [0.717, 1.165) is 19.4 Å². The van der Waals surface area contributed by atoms with Gasteiger partial charge in [0.1, 0.15) is 5.75 Å². The minimum absolute atomic E-state index is 0.00714. The van der Waals surface area contributed by atoms with Gasteiger partial charge in [-0.05, 0) is 18.6 Å². The molecule has 0 aliphatic carbocycles.